The molecule has 5 rings (SSSR count). The molecule has 0 saturated carbocycles. The Morgan fingerprint density at radius 1 is 1.16 bits per heavy atom. The molecule has 2 fully saturated rings. The van der Waals surface area contributed by atoms with E-state index in [1.54, 1.807) is 12.1 Å². The average Bonchev–Trinajstić information content (AvgIpc) is 3.35. The second kappa shape index (κ2) is 8.65. The van der Waals surface area contributed by atoms with Crippen LogP contribution >= 0.6 is 12.2 Å². The Morgan fingerprint density at radius 2 is 1.84 bits per heavy atom. The molecule has 12 heteroatoms. The SMILES string of the molecule is CC(C)n1c(O)c(C=Nc2ccc3c(c2)CC2(C(=O)N(C)C(=O)N(C)C2=O)C2CCCN32)c(=O)[nH]c1=S. The van der Waals surface area contributed by atoms with E-state index in [9.17, 15) is 24.3 Å². The highest BCUT2D eigenvalue weighted by Crippen LogP contribution is 2.49. The molecule has 2 saturated heterocycles. The fraction of sp³-hybridized carbons (Fsp3) is 0.440. The smallest absolute Gasteiger partial charge is 0.332 e. The number of nitrogens with zero attached hydrogens (tertiary/aromatic N) is 5. The van der Waals surface area contributed by atoms with Gasteiger partial charge in [-0.3, -0.25) is 38.7 Å². The van der Waals surface area contributed by atoms with Gasteiger partial charge in [0.15, 0.2) is 10.2 Å². The van der Waals surface area contributed by atoms with Crippen molar-refractivity contribution >= 4 is 47.7 Å². The third-order valence-electron chi connectivity index (χ3n) is 7.62. The van der Waals surface area contributed by atoms with Gasteiger partial charge in [0.2, 0.25) is 17.7 Å². The van der Waals surface area contributed by atoms with Gasteiger partial charge in [-0.2, -0.15) is 0 Å². The number of aromatic amines is 1. The number of barbiturate groups is 1. The summed E-state index contributed by atoms with van der Waals surface area (Å²) >= 11 is 5.16. The van der Waals surface area contributed by atoms with Crippen LogP contribution in [0.4, 0.5) is 16.2 Å². The van der Waals surface area contributed by atoms with Crippen LogP contribution in [0.1, 0.15) is 43.9 Å². The first-order chi connectivity index (χ1) is 17.5. The monoisotopic (exact) mass is 524 g/mol. The Balaban J connectivity index is 1.57. The van der Waals surface area contributed by atoms with Crippen molar-refractivity contribution in [2.24, 2.45) is 10.4 Å². The molecular weight excluding hydrogens is 496 g/mol. The maximum Gasteiger partial charge on any atom is 0.332 e. The number of aromatic hydroxyl groups is 1. The molecule has 1 spiro atoms. The minimum Gasteiger partial charge on any atom is -0.494 e. The third-order valence-corrected chi connectivity index (χ3v) is 7.92. The number of urea groups is 1. The molecule has 11 nitrogen and oxygen atoms in total. The first kappa shape index (κ1) is 24.9. The number of amides is 4. The molecule has 2 N–H and O–H groups in total. The van der Waals surface area contributed by atoms with Crippen molar-refractivity contribution in [3.63, 3.8) is 0 Å². The number of hydrogen-bond acceptors (Lipinski definition) is 8. The molecular formula is C25H28N6O5S. The summed E-state index contributed by atoms with van der Waals surface area (Å²) in [5, 5.41) is 10.7. The van der Waals surface area contributed by atoms with E-state index in [-0.39, 0.29) is 34.7 Å². The molecule has 3 aliphatic heterocycles. The predicted octanol–water partition coefficient (Wildman–Crippen LogP) is 2.50. The molecule has 1 aromatic carbocycles. The number of anilines is 1. The number of aliphatic imine (C=N–C) groups is 1. The highest BCUT2D eigenvalue weighted by atomic mass is 32.1. The lowest BCUT2D eigenvalue weighted by atomic mass is 9.68. The average molecular weight is 525 g/mol. The number of aromatic nitrogens is 2. The van der Waals surface area contributed by atoms with E-state index >= 15 is 0 Å². The molecule has 1 aromatic heterocycles. The van der Waals surface area contributed by atoms with E-state index in [0.29, 0.717) is 18.7 Å². The van der Waals surface area contributed by atoms with E-state index in [4.69, 9.17) is 12.2 Å². The number of nitrogens with one attached hydrogen (secondary N) is 1. The molecule has 1 atom stereocenters. The highest BCUT2D eigenvalue weighted by Gasteiger charge is 2.63. The number of carbonyl (C=O) groups excluding carboxylic acids is 3. The number of carbonyl (C=O) groups is 3. The fourth-order valence-electron chi connectivity index (χ4n) is 5.87. The zero-order chi connectivity index (χ0) is 26.8. The van der Waals surface area contributed by atoms with Crippen molar-refractivity contribution < 1.29 is 19.5 Å². The van der Waals surface area contributed by atoms with E-state index in [2.05, 4.69) is 14.9 Å². The third kappa shape index (κ3) is 3.53. The normalized spacial score (nSPS) is 20.9. The maximum absolute atomic E-state index is 13.5. The van der Waals surface area contributed by atoms with Crippen LogP contribution in [-0.4, -0.2) is 75.2 Å². The van der Waals surface area contributed by atoms with E-state index in [1.807, 2.05) is 19.9 Å². The first-order valence-corrected chi connectivity index (χ1v) is 12.5. The van der Waals surface area contributed by atoms with Crippen LogP contribution in [0.5, 0.6) is 5.88 Å². The van der Waals surface area contributed by atoms with Gasteiger partial charge in [-0.05, 0) is 69.1 Å². The van der Waals surface area contributed by atoms with Crippen molar-refractivity contribution in [2.75, 3.05) is 25.5 Å². The maximum atomic E-state index is 13.5. The summed E-state index contributed by atoms with van der Waals surface area (Å²) in [6.45, 7) is 4.35. The van der Waals surface area contributed by atoms with Crippen LogP contribution in [0.25, 0.3) is 0 Å². The van der Waals surface area contributed by atoms with E-state index in [1.165, 1.54) is 24.9 Å². The fourth-order valence-corrected chi connectivity index (χ4v) is 6.26. The van der Waals surface area contributed by atoms with Crippen LogP contribution < -0.4 is 10.5 Å². The number of H-pyrrole nitrogens is 1. The number of fused-ring (bicyclic) bond motifs is 4. The lowest BCUT2D eigenvalue weighted by molar-refractivity contribution is -0.159. The minimum absolute atomic E-state index is 0.0319. The molecule has 37 heavy (non-hydrogen) atoms. The minimum atomic E-state index is -1.40. The van der Waals surface area contributed by atoms with E-state index in [0.717, 1.165) is 27.5 Å². The van der Waals surface area contributed by atoms with Gasteiger partial charge in [0.1, 0.15) is 5.56 Å². The van der Waals surface area contributed by atoms with Crippen molar-refractivity contribution in [1.82, 2.24) is 19.4 Å². The molecule has 1 unspecified atom stereocenters. The Bertz CT molecular complexity index is 1470. The highest BCUT2D eigenvalue weighted by molar-refractivity contribution is 7.71. The van der Waals surface area contributed by atoms with Crippen molar-refractivity contribution in [2.45, 2.75) is 45.2 Å². The van der Waals surface area contributed by atoms with Crippen molar-refractivity contribution in [3.8, 4) is 5.88 Å². The van der Waals surface area contributed by atoms with Crippen molar-refractivity contribution in [1.29, 1.82) is 0 Å². The molecule has 3 aliphatic rings. The number of benzene rings is 1. The zero-order valence-corrected chi connectivity index (χ0v) is 21.8. The Labute approximate surface area is 218 Å². The first-order valence-electron chi connectivity index (χ1n) is 12.1. The molecule has 194 valence electrons. The van der Waals surface area contributed by atoms with Gasteiger partial charge < -0.3 is 10.0 Å². The Kier molecular flexibility index (Phi) is 5.81. The largest absolute Gasteiger partial charge is 0.494 e. The summed E-state index contributed by atoms with van der Waals surface area (Å²) in [4.78, 5) is 63.1. The molecule has 2 aromatic rings. The lowest BCUT2D eigenvalue weighted by Crippen LogP contribution is -2.70. The second-order valence-electron chi connectivity index (χ2n) is 10.0. The standard InChI is InChI=1S/C25H28N6O5S/c1-13(2)31-20(33)16(19(32)27-23(31)37)12-26-15-7-8-17-14(10-15)11-25(18-6-5-9-30(17)18)21(34)28(3)24(36)29(4)22(25)35/h7-8,10,12-13,18,33H,5-6,9,11H2,1-4H3,(H,27,32,37). The van der Waals surface area contributed by atoms with Gasteiger partial charge in [-0.25, -0.2) is 4.79 Å². The number of rotatable bonds is 3. The van der Waals surface area contributed by atoms with Crippen LogP contribution in [0.2, 0.25) is 0 Å². The Hall–Kier alpha value is -3.80. The van der Waals surface area contributed by atoms with E-state index < -0.39 is 28.8 Å². The topological polar surface area (TPSA) is 131 Å². The summed E-state index contributed by atoms with van der Waals surface area (Å²) in [5.74, 6) is -1.26. The summed E-state index contributed by atoms with van der Waals surface area (Å²) in [5.41, 5.74) is 0.161. The van der Waals surface area contributed by atoms with Crippen LogP contribution in [-0.2, 0) is 16.0 Å². The van der Waals surface area contributed by atoms with Crippen LogP contribution in [0.3, 0.4) is 0 Å². The lowest BCUT2D eigenvalue weighted by Gasteiger charge is -2.50. The van der Waals surface area contributed by atoms with Crippen LogP contribution in [0, 0.1) is 10.2 Å². The van der Waals surface area contributed by atoms with Crippen molar-refractivity contribution in [3.05, 3.63) is 44.5 Å². The molecule has 4 amide bonds. The summed E-state index contributed by atoms with van der Waals surface area (Å²) < 4.78 is 1.54. The quantitative estimate of drug-likeness (QED) is 0.358. The summed E-state index contributed by atoms with van der Waals surface area (Å²) in [6, 6.07) is 4.31. The van der Waals surface area contributed by atoms with Gasteiger partial charge in [-0.15, -0.1) is 0 Å². The molecule has 0 bridgehead atoms. The van der Waals surface area contributed by atoms with Gasteiger partial charge in [-0.1, -0.05) is 0 Å². The molecule has 0 radical (unpaired) electrons. The van der Waals surface area contributed by atoms with Crippen LogP contribution in [0.15, 0.2) is 28.0 Å². The summed E-state index contributed by atoms with van der Waals surface area (Å²) in [6.07, 6.45) is 2.90. The number of imide groups is 2. The molecule has 4 heterocycles. The van der Waals surface area contributed by atoms with Gasteiger partial charge in [0, 0.05) is 38.6 Å². The Morgan fingerprint density at radius 3 is 2.49 bits per heavy atom. The van der Waals surface area contributed by atoms with Gasteiger partial charge in [0.05, 0.1) is 11.7 Å². The molecule has 0 aliphatic carbocycles. The second-order valence-corrected chi connectivity index (χ2v) is 10.4. The predicted molar refractivity (Wildman–Crippen MR) is 139 cm³/mol. The number of hydrogen-bond donors (Lipinski definition) is 2. The summed E-state index contributed by atoms with van der Waals surface area (Å²) in [7, 11) is 2.82. The zero-order valence-electron chi connectivity index (χ0n) is 21.0. The van der Waals surface area contributed by atoms with Gasteiger partial charge in [0.25, 0.3) is 5.56 Å². The van der Waals surface area contributed by atoms with Gasteiger partial charge >= 0.3 is 6.03 Å².